The summed E-state index contributed by atoms with van der Waals surface area (Å²) in [6.45, 7) is 0.368. The molecule has 9 heteroatoms. The van der Waals surface area contributed by atoms with Gasteiger partial charge in [-0.05, 0) is 70.9 Å². The molecule has 0 fully saturated rings. The summed E-state index contributed by atoms with van der Waals surface area (Å²) >= 11 is 13.5. The van der Waals surface area contributed by atoms with Crippen LogP contribution in [0, 0.1) is 0 Å². The minimum atomic E-state index is -0.324. The zero-order valence-corrected chi connectivity index (χ0v) is 25.0. The van der Waals surface area contributed by atoms with E-state index in [-0.39, 0.29) is 5.91 Å². The van der Waals surface area contributed by atoms with Crippen molar-refractivity contribution in [1.82, 2.24) is 10.4 Å². The van der Waals surface area contributed by atoms with Crippen molar-refractivity contribution in [3.8, 4) is 17.0 Å². The van der Waals surface area contributed by atoms with Gasteiger partial charge in [0.15, 0.2) is 5.13 Å². The molecule has 0 saturated heterocycles. The topological polar surface area (TPSA) is 75.6 Å². The van der Waals surface area contributed by atoms with Crippen molar-refractivity contribution in [1.29, 1.82) is 0 Å². The average molecular weight is 624 g/mol. The first-order valence-corrected chi connectivity index (χ1v) is 15.0. The molecule has 0 bridgehead atoms. The van der Waals surface area contributed by atoms with Crippen molar-refractivity contribution in [2.45, 2.75) is 6.61 Å². The van der Waals surface area contributed by atoms with Crippen LogP contribution in [-0.4, -0.2) is 17.1 Å². The monoisotopic (exact) mass is 622 g/mol. The van der Waals surface area contributed by atoms with Gasteiger partial charge in [0.25, 0.3) is 5.91 Å². The van der Waals surface area contributed by atoms with Crippen LogP contribution in [0.5, 0.6) is 5.75 Å². The van der Waals surface area contributed by atoms with Gasteiger partial charge in [-0.15, -0.1) is 11.3 Å². The van der Waals surface area contributed by atoms with E-state index in [2.05, 4.69) is 20.8 Å². The lowest BCUT2D eigenvalue weighted by Crippen LogP contribution is -2.17. The largest absolute Gasteiger partial charge is 0.488 e. The molecule has 0 radical (unpaired) electrons. The Labute approximate surface area is 262 Å². The lowest BCUT2D eigenvalue weighted by molar-refractivity contribution is 0.0955. The third-order valence-electron chi connectivity index (χ3n) is 6.64. The first-order chi connectivity index (χ1) is 21.0. The van der Waals surface area contributed by atoms with Crippen LogP contribution in [0.15, 0.2) is 120 Å². The van der Waals surface area contributed by atoms with Crippen LogP contribution in [0.25, 0.3) is 22.0 Å². The number of amides is 1. The molecule has 43 heavy (non-hydrogen) atoms. The third kappa shape index (κ3) is 7.04. The highest BCUT2D eigenvalue weighted by atomic mass is 35.5. The number of hydrogen-bond donors (Lipinski definition) is 2. The van der Waals surface area contributed by atoms with Crippen molar-refractivity contribution >= 4 is 68.3 Å². The van der Waals surface area contributed by atoms with Crippen LogP contribution in [0.1, 0.15) is 21.5 Å². The number of fused-ring (bicyclic) bond motifs is 1. The maximum absolute atomic E-state index is 12.9. The predicted octanol–water partition coefficient (Wildman–Crippen LogP) is 9.36. The molecule has 5 aromatic carbocycles. The Balaban J connectivity index is 1.13. The number of halogens is 2. The number of nitrogens with one attached hydrogen (secondary N) is 2. The SMILES string of the molecule is O=C(N/N=C\c1c(OCc2ccc(Cl)cc2)ccc2ccccc12)c1ccc(-c2csc(Nc3ccc(Cl)cc3)n2)cc1. The second-order valence-electron chi connectivity index (χ2n) is 9.56. The number of aromatic nitrogens is 1. The first-order valence-electron chi connectivity index (χ1n) is 13.3. The Morgan fingerprint density at radius 2 is 1.58 bits per heavy atom. The average Bonchev–Trinajstić information content (AvgIpc) is 3.51. The minimum absolute atomic E-state index is 0.324. The summed E-state index contributed by atoms with van der Waals surface area (Å²) in [6, 6.07) is 34.1. The molecule has 1 aromatic heterocycles. The second kappa shape index (κ2) is 13.1. The fourth-order valence-corrected chi connectivity index (χ4v) is 5.40. The number of carbonyl (C=O) groups is 1. The number of anilines is 2. The predicted molar refractivity (Wildman–Crippen MR) is 177 cm³/mol. The van der Waals surface area contributed by atoms with Gasteiger partial charge >= 0.3 is 0 Å². The molecule has 0 aliphatic rings. The standard InChI is InChI=1S/C34H24Cl2N4O2S/c35-26-12-5-22(6-13-26)20-42-32-18-11-23-3-1-2-4-29(23)30(32)19-37-40-33(41)25-9-7-24(8-10-25)31-21-43-34(39-31)38-28-16-14-27(36)15-17-28/h1-19,21H,20H2,(H,38,39)(H,40,41)/b37-19-. The molecule has 0 saturated carbocycles. The summed E-state index contributed by atoms with van der Waals surface area (Å²) in [5, 5.41) is 13.6. The molecule has 0 atom stereocenters. The van der Waals surface area contributed by atoms with Crippen LogP contribution < -0.4 is 15.5 Å². The highest BCUT2D eigenvalue weighted by molar-refractivity contribution is 7.14. The van der Waals surface area contributed by atoms with Gasteiger partial charge in [0, 0.05) is 37.8 Å². The summed E-state index contributed by atoms with van der Waals surface area (Å²) in [4.78, 5) is 17.6. The molecule has 0 spiro atoms. The zero-order valence-electron chi connectivity index (χ0n) is 22.6. The van der Waals surface area contributed by atoms with Crippen LogP contribution in [0.3, 0.4) is 0 Å². The van der Waals surface area contributed by atoms with E-state index in [1.54, 1.807) is 18.3 Å². The van der Waals surface area contributed by atoms with Crippen LogP contribution >= 0.6 is 34.5 Å². The number of benzene rings is 5. The number of ether oxygens (including phenoxy) is 1. The van der Waals surface area contributed by atoms with E-state index >= 15 is 0 Å². The number of thiazole rings is 1. The smallest absolute Gasteiger partial charge is 0.271 e. The fourth-order valence-electron chi connectivity index (χ4n) is 4.41. The Morgan fingerprint density at radius 1 is 0.860 bits per heavy atom. The van der Waals surface area contributed by atoms with Crippen LogP contribution in [-0.2, 0) is 6.61 Å². The van der Waals surface area contributed by atoms with Crippen molar-refractivity contribution in [2.24, 2.45) is 5.10 Å². The van der Waals surface area contributed by atoms with E-state index in [9.17, 15) is 4.79 Å². The summed E-state index contributed by atoms with van der Waals surface area (Å²) in [5.41, 5.74) is 7.50. The molecule has 6 rings (SSSR count). The molecule has 1 amide bonds. The molecule has 6 nitrogen and oxygen atoms in total. The van der Waals surface area contributed by atoms with E-state index in [4.69, 9.17) is 27.9 Å². The second-order valence-corrected chi connectivity index (χ2v) is 11.3. The zero-order chi connectivity index (χ0) is 29.6. The highest BCUT2D eigenvalue weighted by Crippen LogP contribution is 2.29. The number of hydrazone groups is 1. The summed E-state index contributed by atoms with van der Waals surface area (Å²) < 4.78 is 6.15. The van der Waals surface area contributed by atoms with Gasteiger partial charge in [0.05, 0.1) is 11.9 Å². The van der Waals surface area contributed by atoms with E-state index in [0.717, 1.165) is 44.0 Å². The van der Waals surface area contributed by atoms with E-state index < -0.39 is 0 Å². The molecule has 1 heterocycles. The summed E-state index contributed by atoms with van der Waals surface area (Å²) in [7, 11) is 0. The van der Waals surface area contributed by atoms with Gasteiger partial charge in [0.2, 0.25) is 0 Å². The van der Waals surface area contributed by atoms with Crippen molar-refractivity contribution in [3.63, 3.8) is 0 Å². The molecule has 2 N–H and O–H groups in total. The van der Waals surface area contributed by atoms with Gasteiger partial charge in [-0.25, -0.2) is 10.4 Å². The lowest BCUT2D eigenvalue weighted by Gasteiger charge is -2.12. The van der Waals surface area contributed by atoms with Crippen molar-refractivity contribution < 1.29 is 9.53 Å². The Kier molecular flexibility index (Phi) is 8.65. The molecule has 0 aliphatic carbocycles. The van der Waals surface area contributed by atoms with Gasteiger partial charge in [-0.1, -0.05) is 77.8 Å². The maximum Gasteiger partial charge on any atom is 0.271 e. The van der Waals surface area contributed by atoms with E-state index in [0.29, 0.717) is 28.0 Å². The van der Waals surface area contributed by atoms with Gasteiger partial charge < -0.3 is 10.1 Å². The lowest BCUT2D eigenvalue weighted by atomic mass is 10.0. The van der Waals surface area contributed by atoms with Gasteiger partial charge in [-0.2, -0.15) is 5.10 Å². The number of rotatable bonds is 9. The quantitative estimate of drug-likeness (QED) is 0.124. The highest BCUT2D eigenvalue weighted by Gasteiger charge is 2.10. The molecular weight excluding hydrogens is 599 g/mol. The van der Waals surface area contributed by atoms with Crippen LogP contribution in [0.2, 0.25) is 10.0 Å². The third-order valence-corrected chi connectivity index (χ3v) is 7.90. The van der Waals surface area contributed by atoms with E-state index in [1.807, 2.05) is 102 Å². The number of nitrogens with zero attached hydrogens (tertiary/aromatic N) is 2. The number of carbonyl (C=O) groups excluding carboxylic acids is 1. The summed E-state index contributed by atoms with van der Waals surface area (Å²) in [5.74, 6) is 0.333. The fraction of sp³-hybridized carbons (Fsp3) is 0.0294. The minimum Gasteiger partial charge on any atom is -0.488 e. The Bertz CT molecular complexity index is 1910. The van der Waals surface area contributed by atoms with Crippen LogP contribution in [0.4, 0.5) is 10.8 Å². The summed E-state index contributed by atoms with van der Waals surface area (Å²) in [6.07, 6.45) is 1.62. The van der Waals surface area contributed by atoms with Crippen molar-refractivity contribution in [2.75, 3.05) is 5.32 Å². The van der Waals surface area contributed by atoms with Gasteiger partial charge in [-0.3, -0.25) is 4.79 Å². The van der Waals surface area contributed by atoms with E-state index in [1.165, 1.54) is 11.3 Å². The maximum atomic E-state index is 12.9. The van der Waals surface area contributed by atoms with Gasteiger partial charge in [0.1, 0.15) is 12.4 Å². The molecule has 212 valence electrons. The Morgan fingerprint density at radius 3 is 2.35 bits per heavy atom. The first kappa shape index (κ1) is 28.4. The molecule has 0 unspecified atom stereocenters. The molecule has 0 aliphatic heterocycles. The Hall–Kier alpha value is -4.69. The molecular formula is C34H24Cl2N4O2S. The normalized spacial score (nSPS) is 11.1. The molecule has 6 aromatic rings. The van der Waals surface area contributed by atoms with Crippen molar-refractivity contribution in [3.05, 3.63) is 141 Å². The number of hydrogen-bond acceptors (Lipinski definition) is 6.